The number of hydrogen-bond donors (Lipinski definition) is 4. The van der Waals surface area contributed by atoms with Crippen LogP contribution >= 0.6 is 12.2 Å². The van der Waals surface area contributed by atoms with Crippen molar-refractivity contribution in [3.05, 3.63) is 54.1 Å². The molecule has 0 unspecified atom stereocenters. The smallest absolute Gasteiger partial charge is 0.264 e. The standard InChI is InChI=1S/C23H28N4O5S/c1-3-16-5-9-19(10-6-16)32-15-22(30)25-23(33)27-26-21(29)14-13-20(28)24-17-7-11-18(12-8-17)31-4-2/h5-12H,3-4,13-15H2,1-2H3,(H,24,28)(H,26,29)(H2,25,27,30,33). The third-order valence-corrected chi connectivity index (χ3v) is 4.50. The third-order valence-electron chi connectivity index (χ3n) is 4.30. The van der Waals surface area contributed by atoms with Crippen molar-refractivity contribution in [2.24, 2.45) is 0 Å². The molecular weight excluding hydrogens is 444 g/mol. The normalized spacial score (nSPS) is 10.0. The second-order valence-electron chi connectivity index (χ2n) is 6.84. The van der Waals surface area contributed by atoms with E-state index in [1.54, 1.807) is 36.4 Å². The zero-order valence-electron chi connectivity index (χ0n) is 18.6. The predicted molar refractivity (Wildman–Crippen MR) is 129 cm³/mol. The van der Waals surface area contributed by atoms with Crippen LogP contribution in [-0.4, -0.2) is 36.0 Å². The first-order valence-corrected chi connectivity index (χ1v) is 10.9. The maximum atomic E-state index is 12.0. The third kappa shape index (κ3) is 10.0. The van der Waals surface area contributed by atoms with Crippen LogP contribution < -0.4 is 31.0 Å². The summed E-state index contributed by atoms with van der Waals surface area (Å²) in [5.74, 6) is 0.0327. The summed E-state index contributed by atoms with van der Waals surface area (Å²) < 4.78 is 10.7. The average molecular weight is 473 g/mol. The van der Waals surface area contributed by atoms with E-state index in [1.165, 1.54) is 5.56 Å². The molecule has 0 aliphatic heterocycles. The van der Waals surface area contributed by atoms with E-state index in [0.29, 0.717) is 23.8 Å². The number of ether oxygens (including phenoxy) is 2. The van der Waals surface area contributed by atoms with Crippen LogP contribution in [0.3, 0.4) is 0 Å². The first kappa shape index (κ1) is 25.6. The number of amides is 3. The fourth-order valence-corrected chi connectivity index (χ4v) is 2.77. The molecule has 0 aromatic heterocycles. The molecule has 4 N–H and O–H groups in total. The van der Waals surface area contributed by atoms with Gasteiger partial charge in [-0.2, -0.15) is 0 Å². The molecule has 0 aliphatic carbocycles. The first-order chi connectivity index (χ1) is 15.9. The number of carbonyl (C=O) groups excluding carboxylic acids is 3. The maximum Gasteiger partial charge on any atom is 0.264 e. The molecule has 0 radical (unpaired) electrons. The van der Waals surface area contributed by atoms with Gasteiger partial charge in [0.2, 0.25) is 11.8 Å². The molecule has 33 heavy (non-hydrogen) atoms. The topological polar surface area (TPSA) is 118 Å². The summed E-state index contributed by atoms with van der Waals surface area (Å²) in [6.07, 6.45) is 0.827. The van der Waals surface area contributed by atoms with Gasteiger partial charge in [0.05, 0.1) is 6.61 Å². The molecule has 2 aromatic rings. The molecule has 0 atom stereocenters. The van der Waals surface area contributed by atoms with Crippen molar-refractivity contribution in [2.75, 3.05) is 18.5 Å². The van der Waals surface area contributed by atoms with Gasteiger partial charge in [-0.15, -0.1) is 0 Å². The number of anilines is 1. The summed E-state index contributed by atoms with van der Waals surface area (Å²) in [6.45, 7) is 4.27. The minimum absolute atomic E-state index is 0.0233. The van der Waals surface area contributed by atoms with E-state index in [-0.39, 0.29) is 30.5 Å². The summed E-state index contributed by atoms with van der Waals surface area (Å²) in [5.41, 5.74) is 6.52. The molecule has 3 amide bonds. The molecule has 0 aliphatic rings. The van der Waals surface area contributed by atoms with E-state index < -0.39 is 11.8 Å². The highest BCUT2D eigenvalue weighted by Gasteiger charge is 2.10. The van der Waals surface area contributed by atoms with Gasteiger partial charge in [0.25, 0.3) is 5.91 Å². The van der Waals surface area contributed by atoms with Crippen LogP contribution in [0.4, 0.5) is 5.69 Å². The van der Waals surface area contributed by atoms with Crippen LogP contribution in [0, 0.1) is 0 Å². The number of hydrogen-bond acceptors (Lipinski definition) is 6. The molecule has 0 bridgehead atoms. The molecule has 10 heteroatoms. The van der Waals surface area contributed by atoms with Crippen molar-refractivity contribution >= 4 is 40.7 Å². The Morgan fingerprint density at radius 3 is 2.03 bits per heavy atom. The minimum Gasteiger partial charge on any atom is -0.494 e. The fraction of sp³-hybridized carbons (Fsp3) is 0.304. The monoisotopic (exact) mass is 472 g/mol. The Bertz CT molecular complexity index is 948. The molecule has 0 saturated heterocycles. The summed E-state index contributed by atoms with van der Waals surface area (Å²) >= 11 is 4.96. The van der Waals surface area contributed by atoms with E-state index >= 15 is 0 Å². The summed E-state index contributed by atoms with van der Waals surface area (Å²) in [7, 11) is 0. The van der Waals surface area contributed by atoms with Crippen molar-refractivity contribution in [1.29, 1.82) is 0 Å². The minimum atomic E-state index is -0.476. The zero-order chi connectivity index (χ0) is 24.1. The largest absolute Gasteiger partial charge is 0.494 e. The van der Waals surface area contributed by atoms with Crippen molar-refractivity contribution in [3.8, 4) is 11.5 Å². The van der Waals surface area contributed by atoms with Gasteiger partial charge < -0.3 is 14.8 Å². The van der Waals surface area contributed by atoms with Crippen LogP contribution in [0.5, 0.6) is 11.5 Å². The van der Waals surface area contributed by atoms with E-state index in [4.69, 9.17) is 21.7 Å². The molecule has 2 rings (SSSR count). The molecule has 0 heterocycles. The number of carbonyl (C=O) groups is 3. The lowest BCUT2D eigenvalue weighted by atomic mass is 10.2. The van der Waals surface area contributed by atoms with Gasteiger partial charge in [0.15, 0.2) is 11.7 Å². The van der Waals surface area contributed by atoms with Crippen LogP contribution in [-0.2, 0) is 20.8 Å². The zero-order valence-corrected chi connectivity index (χ0v) is 19.4. The van der Waals surface area contributed by atoms with Crippen molar-refractivity contribution < 1.29 is 23.9 Å². The molecule has 2 aromatic carbocycles. The van der Waals surface area contributed by atoms with E-state index in [1.807, 2.05) is 26.0 Å². The van der Waals surface area contributed by atoms with Gasteiger partial charge in [-0.05, 0) is 67.5 Å². The lowest BCUT2D eigenvalue weighted by Gasteiger charge is -2.11. The Morgan fingerprint density at radius 1 is 0.788 bits per heavy atom. The van der Waals surface area contributed by atoms with Gasteiger partial charge in [0, 0.05) is 18.5 Å². The number of thiocarbonyl (C=S) groups is 1. The molecule has 9 nitrogen and oxygen atoms in total. The lowest BCUT2D eigenvalue weighted by molar-refractivity contribution is -0.125. The highest BCUT2D eigenvalue weighted by atomic mass is 32.1. The summed E-state index contributed by atoms with van der Waals surface area (Å²) in [5, 5.41) is 5.01. The van der Waals surface area contributed by atoms with Gasteiger partial charge in [-0.25, -0.2) is 0 Å². The molecule has 176 valence electrons. The number of hydrazine groups is 1. The Balaban J connectivity index is 1.61. The second-order valence-corrected chi connectivity index (χ2v) is 7.25. The van der Waals surface area contributed by atoms with E-state index in [0.717, 1.165) is 6.42 Å². The average Bonchev–Trinajstić information content (AvgIpc) is 2.82. The first-order valence-electron chi connectivity index (χ1n) is 10.5. The van der Waals surface area contributed by atoms with Crippen molar-refractivity contribution in [2.45, 2.75) is 33.1 Å². The Labute approximate surface area is 198 Å². The van der Waals surface area contributed by atoms with Gasteiger partial charge in [-0.3, -0.25) is 30.6 Å². The Hall–Kier alpha value is -3.66. The summed E-state index contributed by atoms with van der Waals surface area (Å²) in [6, 6.07) is 14.4. The number of rotatable bonds is 10. The Kier molecular flexibility index (Phi) is 10.6. The highest BCUT2D eigenvalue weighted by Crippen LogP contribution is 2.16. The predicted octanol–water partition coefficient (Wildman–Crippen LogP) is 2.47. The van der Waals surface area contributed by atoms with Crippen LogP contribution in [0.2, 0.25) is 0 Å². The molecular formula is C23H28N4O5S. The quantitative estimate of drug-likeness (QED) is 0.310. The lowest BCUT2D eigenvalue weighted by Crippen LogP contribution is -2.49. The van der Waals surface area contributed by atoms with Crippen molar-refractivity contribution in [3.63, 3.8) is 0 Å². The van der Waals surface area contributed by atoms with Gasteiger partial charge in [0.1, 0.15) is 11.5 Å². The highest BCUT2D eigenvalue weighted by molar-refractivity contribution is 7.80. The Morgan fingerprint density at radius 2 is 1.39 bits per heavy atom. The molecule has 0 fully saturated rings. The number of nitrogens with one attached hydrogen (secondary N) is 4. The van der Waals surface area contributed by atoms with Crippen LogP contribution in [0.15, 0.2) is 48.5 Å². The SMILES string of the molecule is CCOc1ccc(NC(=O)CCC(=O)NNC(=S)NC(=O)COc2ccc(CC)cc2)cc1. The summed E-state index contributed by atoms with van der Waals surface area (Å²) in [4.78, 5) is 35.8. The van der Waals surface area contributed by atoms with Gasteiger partial charge >= 0.3 is 0 Å². The number of benzene rings is 2. The van der Waals surface area contributed by atoms with E-state index in [9.17, 15) is 14.4 Å². The van der Waals surface area contributed by atoms with Crippen LogP contribution in [0.1, 0.15) is 32.3 Å². The van der Waals surface area contributed by atoms with Crippen LogP contribution in [0.25, 0.3) is 0 Å². The fourth-order valence-electron chi connectivity index (χ4n) is 2.60. The van der Waals surface area contributed by atoms with Crippen molar-refractivity contribution in [1.82, 2.24) is 16.2 Å². The van der Waals surface area contributed by atoms with Gasteiger partial charge in [-0.1, -0.05) is 19.1 Å². The molecule has 0 saturated carbocycles. The maximum absolute atomic E-state index is 12.0. The number of aryl methyl sites for hydroxylation is 1. The van der Waals surface area contributed by atoms with E-state index in [2.05, 4.69) is 21.5 Å². The second kappa shape index (κ2) is 13.7. The molecule has 0 spiro atoms.